The van der Waals surface area contributed by atoms with Crippen molar-refractivity contribution < 1.29 is 14.0 Å². The zero-order chi connectivity index (χ0) is 21.1. The Morgan fingerprint density at radius 1 is 0.800 bits per heavy atom. The number of halogens is 2. The van der Waals surface area contributed by atoms with Crippen molar-refractivity contribution in [2.75, 3.05) is 44.2 Å². The number of hydrogen-bond acceptors (Lipinski definition) is 3. The van der Waals surface area contributed by atoms with E-state index in [0.29, 0.717) is 54.4 Å². The molecule has 2 saturated heterocycles. The number of amides is 2. The molecule has 7 heteroatoms. The summed E-state index contributed by atoms with van der Waals surface area (Å²) in [5.74, 6) is -0.682. The Hall–Kier alpha value is -2.60. The van der Waals surface area contributed by atoms with Gasteiger partial charge in [-0.3, -0.25) is 9.59 Å². The van der Waals surface area contributed by atoms with E-state index >= 15 is 0 Å². The molecule has 2 aliphatic rings. The van der Waals surface area contributed by atoms with Crippen LogP contribution in [0.15, 0.2) is 42.5 Å². The number of rotatable bonds is 3. The largest absolute Gasteiger partial charge is 0.369 e. The van der Waals surface area contributed by atoms with Gasteiger partial charge in [-0.15, -0.1) is 0 Å². The van der Waals surface area contributed by atoms with Gasteiger partial charge < -0.3 is 14.7 Å². The topological polar surface area (TPSA) is 43.9 Å². The van der Waals surface area contributed by atoms with Gasteiger partial charge in [0, 0.05) is 44.8 Å². The molecule has 0 N–H and O–H groups in total. The third-order valence-corrected chi connectivity index (χ3v) is 6.15. The molecule has 0 spiro atoms. The van der Waals surface area contributed by atoms with E-state index in [1.807, 2.05) is 4.90 Å². The maximum atomic E-state index is 14.6. The summed E-state index contributed by atoms with van der Waals surface area (Å²) in [5, 5.41) is 0.424. The van der Waals surface area contributed by atoms with Gasteiger partial charge in [-0.1, -0.05) is 23.7 Å². The summed E-state index contributed by atoms with van der Waals surface area (Å²) < 4.78 is 14.6. The Balaban J connectivity index is 1.43. The minimum Gasteiger partial charge on any atom is -0.369 e. The second-order valence-electron chi connectivity index (χ2n) is 7.78. The Morgan fingerprint density at radius 3 is 2.13 bits per heavy atom. The van der Waals surface area contributed by atoms with Crippen LogP contribution in [0.1, 0.15) is 40.0 Å². The van der Waals surface area contributed by atoms with Crippen LogP contribution in [0, 0.1) is 5.82 Å². The molecule has 2 aliphatic heterocycles. The smallest absolute Gasteiger partial charge is 0.255 e. The van der Waals surface area contributed by atoms with Crippen molar-refractivity contribution in [1.29, 1.82) is 0 Å². The third kappa shape index (κ3) is 4.29. The zero-order valence-corrected chi connectivity index (χ0v) is 17.6. The fourth-order valence-corrected chi connectivity index (χ4v) is 4.38. The summed E-state index contributed by atoms with van der Waals surface area (Å²) in [6.07, 6.45) is 2.80. The first-order valence-corrected chi connectivity index (χ1v) is 10.8. The van der Waals surface area contributed by atoms with Crippen LogP contribution in [0.2, 0.25) is 5.02 Å². The summed E-state index contributed by atoms with van der Waals surface area (Å²) in [6.45, 7) is 3.61. The number of nitrogens with zero attached hydrogens (tertiary/aromatic N) is 3. The zero-order valence-electron chi connectivity index (χ0n) is 16.8. The molecular weight excluding hydrogens is 405 g/mol. The summed E-state index contributed by atoms with van der Waals surface area (Å²) in [6, 6.07) is 11.7. The SMILES string of the molecule is O=C(c1ccc(N2CCCC2)c(F)c1)N1CCCN(C(=O)c2ccccc2Cl)CC1. The maximum absolute atomic E-state index is 14.6. The quantitative estimate of drug-likeness (QED) is 0.738. The summed E-state index contributed by atoms with van der Waals surface area (Å²) >= 11 is 6.16. The average molecular weight is 430 g/mol. The summed E-state index contributed by atoms with van der Waals surface area (Å²) in [5.41, 5.74) is 1.39. The van der Waals surface area contributed by atoms with Crippen LogP contribution in [0.5, 0.6) is 0 Å². The molecule has 0 aromatic heterocycles. The summed E-state index contributed by atoms with van der Waals surface area (Å²) in [7, 11) is 0. The first-order chi connectivity index (χ1) is 14.5. The lowest BCUT2D eigenvalue weighted by molar-refractivity contribution is 0.0718. The Morgan fingerprint density at radius 2 is 1.47 bits per heavy atom. The molecule has 0 atom stereocenters. The minimum atomic E-state index is -0.354. The van der Waals surface area contributed by atoms with Gasteiger partial charge in [-0.25, -0.2) is 4.39 Å². The Kier molecular flexibility index (Phi) is 6.23. The Bertz CT molecular complexity index is 946. The second-order valence-corrected chi connectivity index (χ2v) is 8.19. The van der Waals surface area contributed by atoms with Crippen molar-refractivity contribution in [2.45, 2.75) is 19.3 Å². The highest BCUT2D eigenvalue weighted by molar-refractivity contribution is 6.33. The number of carbonyl (C=O) groups excluding carboxylic acids is 2. The third-order valence-electron chi connectivity index (χ3n) is 5.82. The summed E-state index contributed by atoms with van der Waals surface area (Å²) in [4.78, 5) is 31.2. The number of carbonyl (C=O) groups is 2. The minimum absolute atomic E-state index is 0.129. The first-order valence-electron chi connectivity index (χ1n) is 10.4. The maximum Gasteiger partial charge on any atom is 0.255 e. The van der Waals surface area contributed by atoms with Crippen LogP contribution >= 0.6 is 11.6 Å². The van der Waals surface area contributed by atoms with Gasteiger partial charge in [0.25, 0.3) is 11.8 Å². The van der Waals surface area contributed by atoms with Crippen LogP contribution in [0.4, 0.5) is 10.1 Å². The monoisotopic (exact) mass is 429 g/mol. The van der Waals surface area contributed by atoms with E-state index in [-0.39, 0.29) is 17.6 Å². The standard InChI is InChI=1S/C23H25ClFN3O2/c24-19-7-2-1-6-18(19)23(30)28-13-5-12-27(14-15-28)22(29)17-8-9-21(20(25)16-17)26-10-3-4-11-26/h1-2,6-9,16H,3-5,10-15H2. The lowest BCUT2D eigenvalue weighted by Crippen LogP contribution is -2.37. The molecule has 2 aromatic rings. The van der Waals surface area contributed by atoms with E-state index in [2.05, 4.69) is 0 Å². The lowest BCUT2D eigenvalue weighted by atomic mass is 10.1. The molecule has 0 unspecified atom stereocenters. The number of hydrogen-bond donors (Lipinski definition) is 0. The molecule has 158 valence electrons. The number of benzene rings is 2. The molecule has 5 nitrogen and oxygen atoms in total. The van der Waals surface area contributed by atoms with E-state index in [0.717, 1.165) is 25.9 Å². The average Bonchev–Trinajstić information content (AvgIpc) is 3.17. The molecule has 0 aliphatic carbocycles. The van der Waals surface area contributed by atoms with Crippen molar-refractivity contribution in [3.05, 3.63) is 64.4 Å². The van der Waals surface area contributed by atoms with Crippen molar-refractivity contribution in [1.82, 2.24) is 9.80 Å². The molecule has 0 saturated carbocycles. The normalized spacial score (nSPS) is 17.2. The van der Waals surface area contributed by atoms with Crippen LogP contribution in [-0.4, -0.2) is 60.9 Å². The second kappa shape index (κ2) is 9.04. The van der Waals surface area contributed by atoms with Crippen molar-refractivity contribution in [2.24, 2.45) is 0 Å². The molecule has 2 heterocycles. The first kappa shape index (κ1) is 20.7. The molecule has 0 radical (unpaired) electrons. The van der Waals surface area contributed by atoms with E-state index in [1.54, 1.807) is 46.2 Å². The van der Waals surface area contributed by atoms with E-state index in [4.69, 9.17) is 11.6 Å². The highest BCUT2D eigenvalue weighted by Gasteiger charge is 2.25. The van der Waals surface area contributed by atoms with Gasteiger partial charge in [0.05, 0.1) is 16.3 Å². The van der Waals surface area contributed by atoms with Crippen molar-refractivity contribution in [3.8, 4) is 0 Å². The predicted octanol–water partition coefficient (Wildman–Crippen LogP) is 4.07. The van der Waals surface area contributed by atoms with Crippen LogP contribution in [0.3, 0.4) is 0 Å². The lowest BCUT2D eigenvalue weighted by Gasteiger charge is -2.23. The van der Waals surface area contributed by atoms with Crippen molar-refractivity contribution >= 4 is 29.1 Å². The van der Waals surface area contributed by atoms with Crippen LogP contribution in [-0.2, 0) is 0 Å². The van der Waals surface area contributed by atoms with E-state index in [9.17, 15) is 14.0 Å². The van der Waals surface area contributed by atoms with Gasteiger partial charge in [0.1, 0.15) is 5.82 Å². The van der Waals surface area contributed by atoms with Crippen LogP contribution < -0.4 is 4.90 Å². The highest BCUT2D eigenvalue weighted by Crippen LogP contribution is 2.25. The van der Waals surface area contributed by atoms with E-state index < -0.39 is 0 Å². The van der Waals surface area contributed by atoms with E-state index in [1.165, 1.54) is 6.07 Å². The molecule has 4 rings (SSSR count). The predicted molar refractivity (Wildman–Crippen MR) is 116 cm³/mol. The number of anilines is 1. The van der Waals surface area contributed by atoms with Gasteiger partial charge in [-0.05, 0) is 49.6 Å². The van der Waals surface area contributed by atoms with Gasteiger partial charge in [0.2, 0.25) is 0 Å². The Labute approximate surface area is 181 Å². The fourth-order valence-electron chi connectivity index (χ4n) is 4.17. The fraction of sp³-hybridized carbons (Fsp3) is 0.391. The molecule has 2 aromatic carbocycles. The van der Waals surface area contributed by atoms with Crippen LogP contribution in [0.25, 0.3) is 0 Å². The molecular formula is C23H25ClFN3O2. The van der Waals surface area contributed by atoms with Gasteiger partial charge >= 0.3 is 0 Å². The molecule has 2 amide bonds. The van der Waals surface area contributed by atoms with Crippen molar-refractivity contribution in [3.63, 3.8) is 0 Å². The highest BCUT2D eigenvalue weighted by atomic mass is 35.5. The molecule has 0 bridgehead atoms. The van der Waals surface area contributed by atoms with Gasteiger partial charge in [0.15, 0.2) is 0 Å². The van der Waals surface area contributed by atoms with Gasteiger partial charge in [-0.2, -0.15) is 0 Å². The molecule has 30 heavy (non-hydrogen) atoms. The molecule has 2 fully saturated rings.